The molecule has 1 aliphatic carbocycles. The zero-order valence-corrected chi connectivity index (χ0v) is 8.42. The summed E-state index contributed by atoms with van der Waals surface area (Å²) in [4.78, 5) is 2.34. The molecule has 2 N–H and O–H groups in total. The van der Waals surface area contributed by atoms with E-state index in [-0.39, 0.29) is 0 Å². The zero-order valence-electron chi connectivity index (χ0n) is 8.42. The first-order valence-corrected chi connectivity index (χ1v) is 4.96. The van der Waals surface area contributed by atoms with E-state index >= 15 is 0 Å². The summed E-state index contributed by atoms with van der Waals surface area (Å²) in [5.74, 6) is 2.87. The molecular weight excluding hydrogens is 164 g/mol. The van der Waals surface area contributed by atoms with Crippen molar-refractivity contribution >= 4 is 0 Å². The molecule has 1 saturated carbocycles. The van der Waals surface area contributed by atoms with Crippen molar-refractivity contribution < 1.29 is 4.74 Å². The van der Waals surface area contributed by atoms with E-state index in [2.05, 4.69) is 16.9 Å². The van der Waals surface area contributed by atoms with E-state index in [1.54, 1.807) is 0 Å². The van der Waals surface area contributed by atoms with Gasteiger partial charge in [0.2, 0.25) is 0 Å². The third-order valence-corrected chi connectivity index (χ3v) is 2.26. The Labute approximate surface area is 80.2 Å². The molecule has 0 radical (unpaired) electrons. The lowest BCUT2D eigenvalue weighted by atomic mass is 10.4. The number of nitrogens with zero attached hydrogens (tertiary/aromatic N) is 1. The van der Waals surface area contributed by atoms with Crippen LogP contribution in [0.3, 0.4) is 0 Å². The van der Waals surface area contributed by atoms with E-state index in [4.69, 9.17) is 10.5 Å². The maximum atomic E-state index is 5.44. The van der Waals surface area contributed by atoms with E-state index in [1.165, 1.54) is 6.42 Å². The molecule has 1 saturated heterocycles. The van der Waals surface area contributed by atoms with Gasteiger partial charge in [0.1, 0.15) is 0 Å². The molecule has 1 heterocycles. The van der Waals surface area contributed by atoms with Gasteiger partial charge >= 0.3 is 0 Å². The first kappa shape index (κ1) is 10.4. The molecule has 74 valence electrons. The highest BCUT2D eigenvalue weighted by atomic mass is 16.5. The molecule has 0 bridgehead atoms. The van der Waals surface area contributed by atoms with E-state index in [9.17, 15) is 0 Å². The molecular formula is C10H18N2O. The largest absolute Gasteiger partial charge is 0.375 e. The number of morpholine rings is 1. The summed E-state index contributed by atoms with van der Waals surface area (Å²) in [6.45, 7) is 6.67. The summed E-state index contributed by atoms with van der Waals surface area (Å²) in [5.41, 5.74) is 5.09. The highest BCUT2D eigenvalue weighted by molar-refractivity contribution is 5.05. The summed E-state index contributed by atoms with van der Waals surface area (Å²) >= 11 is 0. The van der Waals surface area contributed by atoms with Gasteiger partial charge in [0.05, 0.1) is 19.3 Å². The predicted molar refractivity (Wildman–Crippen MR) is 53.0 cm³/mol. The normalized spacial score (nSPS) is 30.3. The Morgan fingerprint density at radius 2 is 2.31 bits per heavy atom. The lowest BCUT2D eigenvalue weighted by molar-refractivity contribution is 0.0370. The van der Waals surface area contributed by atoms with Gasteiger partial charge in [-0.25, -0.2) is 0 Å². The van der Waals surface area contributed by atoms with Crippen molar-refractivity contribution in [3.05, 3.63) is 0 Å². The van der Waals surface area contributed by atoms with Crippen LogP contribution in [-0.4, -0.2) is 36.7 Å². The monoisotopic (exact) mass is 182 g/mol. The molecule has 2 atom stereocenters. The lowest BCUT2D eigenvalue weighted by Gasteiger charge is -2.23. The van der Waals surface area contributed by atoms with Gasteiger partial charge < -0.3 is 10.5 Å². The van der Waals surface area contributed by atoms with Crippen molar-refractivity contribution in [2.75, 3.05) is 19.7 Å². The highest BCUT2D eigenvalue weighted by Gasteiger charge is 2.45. The molecule has 2 aliphatic rings. The van der Waals surface area contributed by atoms with E-state index in [0.29, 0.717) is 12.1 Å². The molecule has 1 aliphatic heterocycles. The molecule has 0 aromatic carbocycles. The van der Waals surface area contributed by atoms with Crippen LogP contribution < -0.4 is 5.73 Å². The van der Waals surface area contributed by atoms with Gasteiger partial charge in [0, 0.05) is 18.6 Å². The fraction of sp³-hybridized carbons (Fsp3) is 0.800. The van der Waals surface area contributed by atoms with Crippen LogP contribution >= 0.6 is 0 Å². The van der Waals surface area contributed by atoms with Crippen LogP contribution in [-0.2, 0) is 4.74 Å². The van der Waals surface area contributed by atoms with E-state index in [1.807, 2.05) is 13.8 Å². The predicted octanol–water partition coefficient (Wildman–Crippen LogP) is 0.405. The van der Waals surface area contributed by atoms with Gasteiger partial charge in [-0.1, -0.05) is 19.8 Å². The zero-order chi connectivity index (χ0) is 9.68. The van der Waals surface area contributed by atoms with Crippen LogP contribution in [0.25, 0.3) is 0 Å². The fourth-order valence-electron chi connectivity index (χ4n) is 1.55. The number of nitrogens with two attached hydrogens (primary N) is 1. The summed E-state index contributed by atoms with van der Waals surface area (Å²) in [5, 5.41) is 0. The number of rotatable bonds is 1. The highest BCUT2D eigenvalue weighted by Crippen LogP contribution is 2.33. The van der Waals surface area contributed by atoms with Gasteiger partial charge in [-0.15, -0.1) is 0 Å². The molecule has 3 heteroatoms. The van der Waals surface area contributed by atoms with Gasteiger partial charge in [-0.05, 0) is 6.42 Å². The van der Waals surface area contributed by atoms with Crippen LogP contribution in [0.5, 0.6) is 0 Å². The van der Waals surface area contributed by atoms with Crippen LogP contribution in [0.15, 0.2) is 0 Å². The molecule has 2 rings (SSSR count). The average molecular weight is 182 g/mol. The molecule has 0 amide bonds. The minimum Gasteiger partial charge on any atom is -0.375 e. The molecule has 0 spiro atoms. The van der Waals surface area contributed by atoms with Gasteiger partial charge in [-0.2, -0.15) is 0 Å². The minimum absolute atomic E-state index is 0.503. The Balaban J connectivity index is 0.000000396. The molecule has 3 nitrogen and oxygen atoms in total. The summed E-state index contributed by atoms with van der Waals surface area (Å²) in [6.07, 6.45) is 1.69. The molecule has 2 unspecified atom stereocenters. The fourth-order valence-corrected chi connectivity index (χ4v) is 1.55. The van der Waals surface area contributed by atoms with Crippen molar-refractivity contribution in [1.82, 2.24) is 4.90 Å². The first-order valence-electron chi connectivity index (χ1n) is 4.96. The SMILES string of the molecule is CC.NC#CCN1CCOC2CC21. The molecule has 2 fully saturated rings. The Kier molecular flexibility index (Phi) is 4.07. The Bertz CT molecular complexity index is 207. The average Bonchev–Trinajstić information content (AvgIpc) is 2.97. The Morgan fingerprint density at radius 3 is 3.00 bits per heavy atom. The van der Waals surface area contributed by atoms with Crippen molar-refractivity contribution in [1.29, 1.82) is 0 Å². The summed E-state index contributed by atoms with van der Waals surface area (Å²) in [6, 6.07) is 3.06. The maximum absolute atomic E-state index is 5.44. The van der Waals surface area contributed by atoms with Crippen LogP contribution in [0.1, 0.15) is 20.3 Å². The molecule has 0 aromatic rings. The standard InChI is InChI=1S/C8H12N2O.C2H6/c9-2-1-3-10-4-5-11-8-6-7(8)10;1-2/h7-8H,3-6,9H2;1-2H3. The second-order valence-corrected chi connectivity index (χ2v) is 3.00. The van der Waals surface area contributed by atoms with Crippen molar-refractivity contribution in [2.24, 2.45) is 5.73 Å². The number of ether oxygens (including phenoxy) is 1. The summed E-state index contributed by atoms with van der Waals surface area (Å²) in [7, 11) is 0. The van der Waals surface area contributed by atoms with Crippen molar-refractivity contribution in [3.8, 4) is 12.0 Å². The second-order valence-electron chi connectivity index (χ2n) is 3.00. The van der Waals surface area contributed by atoms with Crippen LogP contribution in [0.4, 0.5) is 0 Å². The Hall–Kier alpha value is -0.720. The molecule has 13 heavy (non-hydrogen) atoms. The topological polar surface area (TPSA) is 38.5 Å². The quantitative estimate of drug-likeness (QED) is 0.471. The Morgan fingerprint density at radius 1 is 1.54 bits per heavy atom. The summed E-state index contributed by atoms with van der Waals surface area (Å²) < 4.78 is 5.44. The number of hydrogen-bond donors (Lipinski definition) is 1. The smallest absolute Gasteiger partial charge is 0.0748 e. The minimum atomic E-state index is 0.503. The van der Waals surface area contributed by atoms with E-state index < -0.39 is 0 Å². The van der Waals surface area contributed by atoms with Gasteiger partial charge in [0.15, 0.2) is 0 Å². The molecule has 0 aromatic heterocycles. The lowest BCUT2D eigenvalue weighted by Crippen LogP contribution is -2.36. The van der Waals surface area contributed by atoms with Gasteiger partial charge in [-0.3, -0.25) is 4.90 Å². The first-order chi connectivity index (χ1) is 6.42. The third kappa shape index (κ3) is 2.61. The second kappa shape index (κ2) is 5.11. The maximum Gasteiger partial charge on any atom is 0.0748 e. The van der Waals surface area contributed by atoms with Crippen molar-refractivity contribution in [3.63, 3.8) is 0 Å². The van der Waals surface area contributed by atoms with Crippen LogP contribution in [0.2, 0.25) is 0 Å². The van der Waals surface area contributed by atoms with E-state index in [0.717, 1.165) is 19.7 Å². The van der Waals surface area contributed by atoms with Crippen molar-refractivity contribution in [2.45, 2.75) is 32.4 Å². The number of fused-ring (bicyclic) bond motifs is 1. The number of hydrogen-bond acceptors (Lipinski definition) is 3. The van der Waals surface area contributed by atoms with Gasteiger partial charge in [0.25, 0.3) is 0 Å². The third-order valence-electron chi connectivity index (χ3n) is 2.26. The van der Waals surface area contributed by atoms with Crippen LogP contribution in [0, 0.1) is 12.0 Å².